The molecule has 5 N–H and O–H groups in total. The number of aliphatic hydroxyl groups excluding tert-OH is 2. The zero-order chi connectivity index (χ0) is 9.35. The largest absolute Gasteiger partial charge is 0.393 e. The first kappa shape index (κ1) is 9.82. The first-order chi connectivity index (χ1) is 5.50. The van der Waals surface area contributed by atoms with Gasteiger partial charge in [0.05, 0.1) is 19.3 Å². The van der Waals surface area contributed by atoms with Crippen LogP contribution in [0.3, 0.4) is 0 Å². The topological polar surface area (TPSA) is 95.9 Å². The number of hydrogen-bond donors (Lipinski definition) is 4. The van der Waals surface area contributed by atoms with Gasteiger partial charge in [-0.3, -0.25) is 0 Å². The molecule has 0 aromatic heterocycles. The Balaban J connectivity index is 2.73. The van der Waals surface area contributed by atoms with Gasteiger partial charge in [-0.25, -0.2) is 4.39 Å². The van der Waals surface area contributed by atoms with Crippen molar-refractivity contribution in [2.24, 2.45) is 5.73 Å². The van der Waals surface area contributed by atoms with Crippen LogP contribution >= 0.6 is 0 Å². The van der Waals surface area contributed by atoms with Crippen molar-refractivity contribution in [3.63, 3.8) is 0 Å². The molecule has 0 unspecified atom stereocenters. The van der Waals surface area contributed by atoms with E-state index >= 15 is 0 Å². The molecule has 0 aliphatic carbocycles. The first-order valence-corrected chi connectivity index (χ1v) is 3.57. The molecule has 0 radical (unpaired) electrons. The van der Waals surface area contributed by atoms with Crippen LogP contribution < -0.4 is 5.73 Å². The average Bonchev–Trinajstić information content (AvgIpc) is 2.01. The van der Waals surface area contributed by atoms with Crippen LogP contribution in [0.2, 0.25) is 0 Å². The van der Waals surface area contributed by atoms with Gasteiger partial charge in [0, 0.05) is 0 Å². The molecule has 0 spiro atoms. The number of halogens is 1. The predicted molar refractivity (Wildman–Crippen MR) is 36.9 cm³/mol. The fraction of sp³-hybridized carbons (Fsp3) is 1.00. The van der Waals surface area contributed by atoms with E-state index in [0.717, 1.165) is 0 Å². The molecule has 1 saturated heterocycles. The van der Waals surface area contributed by atoms with Crippen molar-refractivity contribution in [2.75, 3.05) is 13.2 Å². The molecule has 0 amide bonds. The van der Waals surface area contributed by atoms with Crippen LogP contribution in [0.1, 0.15) is 0 Å². The summed E-state index contributed by atoms with van der Waals surface area (Å²) in [6.45, 7) is -0.782. The molecular formula is C6H12FNO4. The minimum Gasteiger partial charge on any atom is -0.393 e. The lowest BCUT2D eigenvalue weighted by Gasteiger charge is -2.39. The molecule has 1 aliphatic heterocycles. The maximum Gasteiger partial charge on any atom is 0.263 e. The van der Waals surface area contributed by atoms with E-state index in [1.54, 1.807) is 0 Å². The minimum absolute atomic E-state index is 0.0847. The van der Waals surface area contributed by atoms with Gasteiger partial charge in [0.1, 0.15) is 12.2 Å². The van der Waals surface area contributed by atoms with Crippen molar-refractivity contribution in [1.82, 2.24) is 0 Å². The Bertz CT molecular complexity index is 162. The fourth-order valence-electron chi connectivity index (χ4n) is 1.11. The van der Waals surface area contributed by atoms with E-state index in [9.17, 15) is 4.39 Å². The first-order valence-electron chi connectivity index (χ1n) is 3.57. The monoisotopic (exact) mass is 181 g/mol. The maximum atomic E-state index is 13.1. The Morgan fingerprint density at radius 3 is 2.75 bits per heavy atom. The van der Waals surface area contributed by atoms with Gasteiger partial charge in [-0.15, -0.1) is 0 Å². The van der Waals surface area contributed by atoms with Gasteiger partial charge in [0.15, 0.2) is 0 Å². The smallest absolute Gasteiger partial charge is 0.263 e. The van der Waals surface area contributed by atoms with Gasteiger partial charge in [0.25, 0.3) is 5.85 Å². The average molecular weight is 181 g/mol. The molecule has 72 valence electrons. The second-order valence-corrected chi connectivity index (χ2v) is 2.84. The van der Waals surface area contributed by atoms with Crippen LogP contribution in [0.25, 0.3) is 0 Å². The third-order valence-corrected chi connectivity index (χ3v) is 1.93. The van der Waals surface area contributed by atoms with Gasteiger partial charge in [-0.05, 0) is 0 Å². The number of rotatable bonds is 1. The van der Waals surface area contributed by atoms with Crippen LogP contribution in [0.4, 0.5) is 4.39 Å². The number of alkyl halides is 1. The summed E-state index contributed by atoms with van der Waals surface area (Å²) in [7, 11) is 0. The summed E-state index contributed by atoms with van der Waals surface area (Å²) < 4.78 is 17.8. The van der Waals surface area contributed by atoms with E-state index in [0.29, 0.717) is 0 Å². The highest BCUT2D eigenvalue weighted by molar-refractivity contribution is 4.94. The van der Waals surface area contributed by atoms with Crippen LogP contribution in [0.15, 0.2) is 0 Å². The molecule has 12 heavy (non-hydrogen) atoms. The Kier molecular flexibility index (Phi) is 2.64. The maximum absolute atomic E-state index is 13.1. The van der Waals surface area contributed by atoms with E-state index in [1.165, 1.54) is 0 Å². The van der Waals surface area contributed by atoms with Gasteiger partial charge >= 0.3 is 0 Å². The Morgan fingerprint density at radius 2 is 2.25 bits per heavy atom. The number of ether oxygens (including phenoxy) is 1. The lowest BCUT2D eigenvalue weighted by Crippen LogP contribution is -2.63. The van der Waals surface area contributed by atoms with E-state index in [1.807, 2.05) is 0 Å². The second-order valence-electron chi connectivity index (χ2n) is 2.84. The van der Waals surface area contributed by atoms with Crippen molar-refractivity contribution in [2.45, 2.75) is 24.1 Å². The lowest BCUT2D eigenvalue weighted by molar-refractivity contribution is -0.280. The van der Waals surface area contributed by atoms with Gasteiger partial charge < -0.3 is 25.8 Å². The minimum atomic E-state index is -2.97. The van der Waals surface area contributed by atoms with Gasteiger partial charge in [0.2, 0.25) is 0 Å². The second kappa shape index (κ2) is 3.23. The molecule has 0 aromatic rings. The highest BCUT2D eigenvalue weighted by Crippen LogP contribution is 2.26. The molecule has 5 nitrogen and oxygen atoms in total. The van der Waals surface area contributed by atoms with E-state index in [-0.39, 0.29) is 6.61 Å². The number of aliphatic hydroxyl groups is 3. The van der Waals surface area contributed by atoms with Gasteiger partial charge in [-0.2, -0.15) is 0 Å². The molecule has 1 fully saturated rings. The molecule has 1 heterocycles. The van der Waals surface area contributed by atoms with Crippen LogP contribution in [0.5, 0.6) is 0 Å². The zero-order valence-electron chi connectivity index (χ0n) is 6.35. The standard InChI is InChI=1S/C6H12FNO4/c7-6(11)4(1-9)12-2-3(8)5(6)10/h3-5,9-11H,1-2,8H2/t3-,4-,5-,6-/m1/s1. The van der Waals surface area contributed by atoms with Crippen molar-refractivity contribution in [1.29, 1.82) is 0 Å². The third kappa shape index (κ3) is 1.44. The SMILES string of the molecule is N[C@@H]1CO[C@H](CO)[C@](O)(F)[C@@H]1O. The molecule has 6 heteroatoms. The molecule has 0 bridgehead atoms. The quantitative estimate of drug-likeness (QED) is 0.365. The molecule has 1 aliphatic rings. The summed E-state index contributed by atoms with van der Waals surface area (Å²) in [5.41, 5.74) is 5.21. The van der Waals surface area contributed by atoms with Crippen LogP contribution in [-0.2, 0) is 4.74 Å². The van der Waals surface area contributed by atoms with Crippen molar-refractivity contribution in [3.05, 3.63) is 0 Å². The van der Waals surface area contributed by atoms with Gasteiger partial charge in [-0.1, -0.05) is 0 Å². The van der Waals surface area contributed by atoms with Crippen LogP contribution in [0, 0.1) is 0 Å². The van der Waals surface area contributed by atoms with E-state index in [4.69, 9.17) is 21.1 Å². The third-order valence-electron chi connectivity index (χ3n) is 1.93. The summed E-state index contributed by atoms with van der Waals surface area (Å²) >= 11 is 0. The van der Waals surface area contributed by atoms with Crippen LogP contribution in [-0.4, -0.2) is 52.6 Å². The number of hydrogen-bond acceptors (Lipinski definition) is 5. The normalized spacial score (nSPS) is 49.2. The van der Waals surface area contributed by atoms with E-state index in [2.05, 4.69) is 4.74 Å². The number of nitrogens with two attached hydrogens (primary N) is 1. The molecule has 0 aromatic carbocycles. The fourth-order valence-corrected chi connectivity index (χ4v) is 1.11. The molecule has 0 saturated carbocycles. The highest BCUT2D eigenvalue weighted by atomic mass is 19.2. The molecule has 4 atom stereocenters. The Morgan fingerprint density at radius 1 is 1.67 bits per heavy atom. The summed E-state index contributed by atoms with van der Waals surface area (Å²) in [6.07, 6.45) is -3.14. The predicted octanol–water partition coefficient (Wildman–Crippen LogP) is -2.28. The highest BCUT2D eigenvalue weighted by Gasteiger charge is 2.50. The Hall–Kier alpha value is -0.270. The Labute approximate surface area is 68.6 Å². The summed E-state index contributed by atoms with van der Waals surface area (Å²) in [4.78, 5) is 0. The van der Waals surface area contributed by atoms with Crippen molar-refractivity contribution < 1.29 is 24.4 Å². The van der Waals surface area contributed by atoms with Crippen molar-refractivity contribution in [3.8, 4) is 0 Å². The molecular weight excluding hydrogens is 169 g/mol. The summed E-state index contributed by atoms with van der Waals surface area (Å²) in [5.74, 6) is -2.97. The zero-order valence-corrected chi connectivity index (χ0v) is 6.35. The molecule has 1 rings (SSSR count). The lowest BCUT2D eigenvalue weighted by atomic mass is 9.97. The summed E-state index contributed by atoms with van der Waals surface area (Å²) in [5, 5.41) is 26.6. The van der Waals surface area contributed by atoms with Crippen molar-refractivity contribution >= 4 is 0 Å². The summed E-state index contributed by atoms with van der Waals surface area (Å²) in [6, 6.07) is -0.970. The van der Waals surface area contributed by atoms with E-state index < -0.39 is 30.7 Å².